The lowest BCUT2D eigenvalue weighted by atomic mass is 9.69. The van der Waals surface area contributed by atoms with Crippen LogP contribution in [0.4, 0.5) is 0 Å². The number of hydrogen-bond acceptors (Lipinski definition) is 10. The summed E-state index contributed by atoms with van der Waals surface area (Å²) in [5.74, 6) is 0.599. The fourth-order valence-electron chi connectivity index (χ4n) is 10.6. The van der Waals surface area contributed by atoms with Crippen molar-refractivity contribution in [3.63, 3.8) is 0 Å². The number of aliphatic hydroxyl groups excluding tert-OH is 4. The van der Waals surface area contributed by atoms with E-state index in [9.17, 15) is 35.4 Å². The molecule has 2 saturated heterocycles. The fraction of sp³-hybridized carbons (Fsp3) is 0.833. The number of aliphatic imine (C=N–C) groups is 1. The second-order valence-corrected chi connectivity index (χ2v) is 17.6. The van der Waals surface area contributed by atoms with Crippen molar-refractivity contribution < 1.29 is 55.0 Å². The maximum atomic E-state index is 12.1. The molecule has 0 aromatic carbocycles. The third-order valence-corrected chi connectivity index (χ3v) is 14.2. The number of carbonyl (C=O) groups is 1. The molecule has 14 atom stereocenters. The Hall–Kier alpha value is -1.87. The van der Waals surface area contributed by atoms with Crippen LogP contribution in [0.15, 0.2) is 28.8 Å². The molecule has 0 aromatic rings. The average Bonchev–Trinajstić information content (AvgIpc) is 3.69. The van der Waals surface area contributed by atoms with Gasteiger partial charge in [-0.2, -0.15) is 0 Å². The van der Waals surface area contributed by atoms with Crippen LogP contribution in [-0.2, 0) is 14.3 Å². The minimum atomic E-state index is -2.12. The number of aliphatic hydroxyl groups is 7. The highest BCUT2D eigenvalue weighted by atomic mass is 16.7. The zero-order valence-corrected chi connectivity index (χ0v) is 32.4. The number of fused-ring (bicyclic) bond motifs is 1. The molecule has 7 unspecified atom stereocenters. The number of carboxylic acids is 1. The molecule has 6 rings (SSSR count). The second-order valence-electron chi connectivity index (χ2n) is 17.6. The van der Waals surface area contributed by atoms with Crippen LogP contribution in [0.3, 0.4) is 0 Å². The zero-order valence-electron chi connectivity index (χ0n) is 32.4. The predicted octanol–water partition coefficient (Wildman–Crippen LogP) is 1.08. The molecule has 12 heteroatoms. The molecule has 0 aromatic heterocycles. The van der Waals surface area contributed by atoms with Gasteiger partial charge in [-0.25, -0.2) is 0 Å². The smallest absolute Gasteiger partial charge is 0.195 e. The monoisotopic (exact) mass is 760 g/mol. The quantitative estimate of drug-likeness (QED) is 0.0803. The minimum absolute atomic E-state index is 0.0274. The summed E-state index contributed by atoms with van der Waals surface area (Å²) in [5, 5.41) is 69.6. The highest BCUT2D eigenvalue weighted by Crippen LogP contribution is 2.43. The molecule has 3 aliphatic heterocycles. The Labute approximate surface area is 321 Å². The number of hydrogen-bond donors (Lipinski definition) is 6. The van der Waals surface area contributed by atoms with Crippen LogP contribution >= 0.6 is 0 Å². The van der Waals surface area contributed by atoms with Crippen LogP contribution in [0.25, 0.3) is 0 Å². The number of nitrogens with zero attached hydrogens (tertiary/aromatic N) is 1. The van der Waals surface area contributed by atoms with Crippen LogP contribution in [0.2, 0.25) is 0 Å². The van der Waals surface area contributed by atoms with Crippen LogP contribution in [0, 0.1) is 48.0 Å². The minimum Gasteiger partial charge on any atom is -0.547 e. The molecule has 0 radical (unpaired) electrons. The van der Waals surface area contributed by atoms with Gasteiger partial charge in [-0.1, -0.05) is 45.3 Å². The first-order chi connectivity index (χ1) is 26.0. The van der Waals surface area contributed by atoms with E-state index < -0.39 is 48.4 Å². The van der Waals surface area contributed by atoms with Gasteiger partial charge in [0.2, 0.25) is 0 Å². The van der Waals surface area contributed by atoms with E-state index in [0.717, 1.165) is 50.0 Å². The third-order valence-electron chi connectivity index (χ3n) is 14.2. The number of ether oxygens (including phenoxy) is 3. The Morgan fingerprint density at radius 1 is 1.11 bits per heavy atom. The predicted molar refractivity (Wildman–Crippen MR) is 200 cm³/mol. The van der Waals surface area contributed by atoms with Crippen LogP contribution < -0.4 is 10.4 Å². The fourth-order valence-corrected chi connectivity index (χ4v) is 10.6. The van der Waals surface area contributed by atoms with Gasteiger partial charge in [0.05, 0.1) is 48.7 Å². The summed E-state index contributed by atoms with van der Waals surface area (Å²) < 4.78 is 17.1. The van der Waals surface area contributed by atoms with Crippen LogP contribution in [0.1, 0.15) is 104 Å². The van der Waals surface area contributed by atoms with E-state index in [1.54, 1.807) is 6.54 Å². The van der Waals surface area contributed by atoms with E-state index >= 15 is 0 Å². The van der Waals surface area contributed by atoms with Gasteiger partial charge in [-0.05, 0) is 81.5 Å². The topological polar surface area (TPSA) is 202 Å². The molecule has 3 heterocycles. The Morgan fingerprint density at radius 3 is 2.61 bits per heavy atom. The first-order valence-electron chi connectivity index (χ1n) is 21.1. The molecule has 0 bridgehead atoms. The summed E-state index contributed by atoms with van der Waals surface area (Å²) >= 11 is 0. The Morgan fingerprint density at radius 2 is 1.89 bits per heavy atom. The van der Waals surface area contributed by atoms with Crippen molar-refractivity contribution in [2.24, 2.45) is 46.4 Å². The van der Waals surface area contributed by atoms with Gasteiger partial charge in [-0.15, -0.1) is 4.99 Å². The standard InChI is InChI=1S/C42H66N2O10/c1-3-27-8-4-5-9-28(27)10-6-7-25(2)30(19-26-17-18-43-21-26)22-44-24-42(51)39(48)37(47)38(40(49)50)54-41(42)53-32-15-16-33-35(20-32)52-23-34(36(33)46)29-11-13-31(45)14-12-29/h6,10,17-18,21,25,27-39,41,44-48,51H,3-5,7-9,11-16,19-20,22-24H2,1-2H3/p+2/t25-,27?,28?,29?,30-,31?,32?,33?,34?,35?,36?,37+,38-,39-,41+,42-/m0/s1. The van der Waals surface area contributed by atoms with E-state index in [2.05, 4.69) is 31.0 Å². The van der Waals surface area contributed by atoms with Gasteiger partial charge in [0.15, 0.2) is 30.8 Å². The molecule has 3 saturated carbocycles. The molecular formula is C42H68N2O10+2. The van der Waals surface area contributed by atoms with Crippen LogP contribution in [-0.4, -0.2) is 117 Å². The molecule has 304 valence electrons. The van der Waals surface area contributed by atoms with E-state index in [0.29, 0.717) is 50.2 Å². The lowest BCUT2D eigenvalue weighted by molar-refractivity contribution is -0.680. The molecule has 12 nitrogen and oxygen atoms in total. The molecule has 0 spiro atoms. The zero-order chi connectivity index (χ0) is 38.4. The van der Waals surface area contributed by atoms with E-state index in [-0.39, 0.29) is 36.5 Å². The van der Waals surface area contributed by atoms with Crippen molar-refractivity contribution in [3.8, 4) is 0 Å². The summed E-state index contributed by atoms with van der Waals surface area (Å²) in [4.78, 5) is 16.3. The highest BCUT2D eigenvalue weighted by molar-refractivity contribution is 5.81. The summed E-state index contributed by atoms with van der Waals surface area (Å²) in [6.07, 6.45) is 13.2. The SMILES string of the molecule is CCC1CCCCC1C=CC[C@H](C)[C@H](C[NH2+]C[C@@]1(O)[C@H](OC2CCC3C(C2)[OH+]CC(C2CCC(O)CC2)C3O)O[C@H](C(=O)[O-])[C@@H](O)[C@@H]1O)CC1=C[CH+]N=C1. The van der Waals surface area contributed by atoms with E-state index in [4.69, 9.17) is 14.2 Å². The summed E-state index contributed by atoms with van der Waals surface area (Å²) in [5.41, 5.74) is -0.984. The molecule has 0 amide bonds. The van der Waals surface area contributed by atoms with Gasteiger partial charge < -0.3 is 55.0 Å². The van der Waals surface area contributed by atoms with E-state index in [1.165, 1.54) is 32.1 Å². The van der Waals surface area contributed by atoms with Crippen molar-refractivity contribution in [2.75, 3.05) is 19.7 Å². The molecular weight excluding hydrogens is 692 g/mol. The summed E-state index contributed by atoms with van der Waals surface area (Å²) in [6, 6.07) is 0. The Kier molecular flexibility index (Phi) is 14.7. The summed E-state index contributed by atoms with van der Waals surface area (Å²) in [7, 11) is 0. The van der Waals surface area contributed by atoms with Gasteiger partial charge in [-0.3, -0.25) is 0 Å². The number of nitrogens with two attached hydrogens (primary N) is 1. The first-order valence-corrected chi connectivity index (χ1v) is 21.1. The number of allylic oxidation sites excluding steroid dienone is 3. The average molecular weight is 761 g/mol. The molecule has 5 fully saturated rings. The van der Waals surface area contributed by atoms with Crippen molar-refractivity contribution >= 4 is 12.2 Å². The van der Waals surface area contributed by atoms with Crippen molar-refractivity contribution in [2.45, 2.75) is 158 Å². The Bertz CT molecular complexity index is 1300. The molecule has 8 N–H and O–H groups in total. The van der Waals surface area contributed by atoms with Crippen molar-refractivity contribution in [1.29, 1.82) is 0 Å². The number of carboxylic acid groups (broad SMARTS) is 1. The maximum absolute atomic E-state index is 12.1. The highest BCUT2D eigenvalue weighted by Gasteiger charge is 2.59. The lowest BCUT2D eigenvalue weighted by Gasteiger charge is -2.49. The van der Waals surface area contributed by atoms with Crippen molar-refractivity contribution in [1.82, 2.24) is 0 Å². The molecule has 54 heavy (non-hydrogen) atoms. The normalized spacial score (nSPS) is 42.6. The third kappa shape index (κ3) is 9.80. The first kappa shape index (κ1) is 41.8. The largest absolute Gasteiger partial charge is 0.547 e. The molecule has 6 aliphatic rings. The van der Waals surface area contributed by atoms with Gasteiger partial charge >= 0.3 is 0 Å². The molecule has 3 aliphatic carbocycles. The second kappa shape index (κ2) is 19.0. The number of quaternary nitrogens is 1. The lowest BCUT2D eigenvalue weighted by Crippen LogP contribution is -2.93. The Balaban J connectivity index is 1.09. The van der Waals surface area contributed by atoms with E-state index in [1.807, 2.05) is 17.6 Å². The number of aliphatic carboxylic acids is 1. The summed E-state index contributed by atoms with van der Waals surface area (Å²) in [6.45, 7) is 7.39. The van der Waals surface area contributed by atoms with Gasteiger partial charge in [0.1, 0.15) is 37.0 Å². The van der Waals surface area contributed by atoms with Gasteiger partial charge in [0, 0.05) is 18.8 Å². The number of carbonyl (C=O) groups excluding carboxylic acids is 1. The maximum Gasteiger partial charge on any atom is 0.195 e. The van der Waals surface area contributed by atoms with Gasteiger partial charge in [0.25, 0.3) is 0 Å². The number of rotatable bonds is 15. The van der Waals surface area contributed by atoms with Crippen LogP contribution in [0.5, 0.6) is 0 Å². The van der Waals surface area contributed by atoms with Crippen molar-refractivity contribution in [3.05, 3.63) is 30.3 Å².